The number of allylic oxidation sites excluding steroid dienone is 2. The Balaban J connectivity index is 3.24. The van der Waals surface area contributed by atoms with Gasteiger partial charge in [-0.1, -0.05) is 51.9 Å². The summed E-state index contributed by atoms with van der Waals surface area (Å²) in [5.41, 5.74) is 0. The molecule has 2 heteroatoms. The van der Waals surface area contributed by atoms with E-state index >= 15 is 0 Å². The summed E-state index contributed by atoms with van der Waals surface area (Å²) >= 11 is 0. The summed E-state index contributed by atoms with van der Waals surface area (Å²) < 4.78 is 0. The lowest BCUT2D eigenvalue weighted by Crippen LogP contribution is -1.89. The van der Waals surface area contributed by atoms with Crippen LogP contribution in [0.2, 0.25) is 0 Å². The van der Waals surface area contributed by atoms with E-state index in [4.69, 9.17) is 0 Å². The molecule has 0 saturated carbocycles. The van der Waals surface area contributed by atoms with Crippen LogP contribution in [0.5, 0.6) is 0 Å². The molecule has 0 amide bonds. The molecule has 0 spiro atoms. The molecule has 0 aromatic carbocycles. The first-order valence-electron chi connectivity index (χ1n) is 6.57. The van der Waals surface area contributed by atoms with Gasteiger partial charge in [-0.05, 0) is 13.3 Å². The molecule has 0 aliphatic carbocycles. The van der Waals surface area contributed by atoms with E-state index in [9.17, 15) is 9.90 Å². The molecular weight excluding hydrogens is 200 g/mol. The third kappa shape index (κ3) is 11.3. The van der Waals surface area contributed by atoms with Crippen LogP contribution in [0.25, 0.3) is 0 Å². The van der Waals surface area contributed by atoms with Gasteiger partial charge in [0, 0.05) is 12.5 Å². The Kier molecular flexibility index (Phi) is 10.2. The zero-order valence-electron chi connectivity index (χ0n) is 10.8. The Labute approximate surface area is 99.7 Å². The standard InChI is InChI=1S/C14H26O2/c1-3-4-5-6-7-8-9-10-11-14(16)12-13(2)15/h12,16H,3-11H2,1-2H3. The van der Waals surface area contributed by atoms with Gasteiger partial charge in [0.2, 0.25) is 0 Å². The molecule has 0 fully saturated rings. The van der Waals surface area contributed by atoms with Crippen LogP contribution in [0.1, 0.15) is 71.6 Å². The third-order valence-corrected chi connectivity index (χ3v) is 2.66. The quantitative estimate of drug-likeness (QED) is 0.337. The summed E-state index contributed by atoms with van der Waals surface area (Å²) in [7, 11) is 0. The van der Waals surface area contributed by atoms with Crippen LogP contribution in [0.3, 0.4) is 0 Å². The van der Waals surface area contributed by atoms with Gasteiger partial charge in [-0.2, -0.15) is 0 Å². The minimum Gasteiger partial charge on any atom is -0.512 e. The first-order chi connectivity index (χ1) is 7.66. The van der Waals surface area contributed by atoms with Gasteiger partial charge in [0.1, 0.15) is 0 Å². The molecule has 0 aliphatic rings. The lowest BCUT2D eigenvalue weighted by molar-refractivity contribution is -0.112. The highest BCUT2D eigenvalue weighted by atomic mass is 16.3. The van der Waals surface area contributed by atoms with Crippen molar-refractivity contribution in [2.45, 2.75) is 71.6 Å². The number of carbonyl (C=O) groups is 1. The smallest absolute Gasteiger partial charge is 0.155 e. The highest BCUT2D eigenvalue weighted by molar-refractivity contribution is 5.87. The minimum atomic E-state index is -0.0722. The van der Waals surface area contributed by atoms with Gasteiger partial charge >= 0.3 is 0 Å². The van der Waals surface area contributed by atoms with Crippen LogP contribution in [0.15, 0.2) is 11.8 Å². The van der Waals surface area contributed by atoms with Crippen molar-refractivity contribution in [3.8, 4) is 0 Å². The fourth-order valence-corrected chi connectivity index (χ4v) is 1.75. The van der Waals surface area contributed by atoms with Gasteiger partial charge in [-0.3, -0.25) is 4.79 Å². The second-order valence-electron chi connectivity index (χ2n) is 4.47. The predicted octanol–water partition coefficient (Wildman–Crippen LogP) is 4.55. The van der Waals surface area contributed by atoms with Gasteiger partial charge in [-0.15, -0.1) is 0 Å². The van der Waals surface area contributed by atoms with Crippen molar-refractivity contribution in [2.75, 3.05) is 0 Å². The number of unbranched alkanes of at least 4 members (excludes halogenated alkanes) is 7. The van der Waals surface area contributed by atoms with Gasteiger partial charge in [-0.25, -0.2) is 0 Å². The highest BCUT2D eigenvalue weighted by Gasteiger charge is 1.96. The van der Waals surface area contributed by atoms with Crippen molar-refractivity contribution in [2.24, 2.45) is 0 Å². The largest absolute Gasteiger partial charge is 0.512 e. The number of rotatable bonds is 10. The Morgan fingerprint density at radius 2 is 1.50 bits per heavy atom. The van der Waals surface area contributed by atoms with E-state index in [1.165, 1.54) is 51.5 Å². The first-order valence-corrected chi connectivity index (χ1v) is 6.57. The van der Waals surface area contributed by atoms with Crippen molar-refractivity contribution < 1.29 is 9.90 Å². The van der Waals surface area contributed by atoms with E-state index in [0.717, 1.165) is 12.8 Å². The third-order valence-electron chi connectivity index (χ3n) is 2.66. The molecule has 1 N–H and O–H groups in total. The number of ketones is 1. The van der Waals surface area contributed by atoms with E-state index in [1.807, 2.05) is 0 Å². The van der Waals surface area contributed by atoms with Gasteiger partial charge in [0.05, 0.1) is 5.76 Å². The normalized spacial score (nSPS) is 11.8. The lowest BCUT2D eigenvalue weighted by Gasteiger charge is -2.01. The molecule has 0 unspecified atom stereocenters. The van der Waals surface area contributed by atoms with Crippen LogP contribution < -0.4 is 0 Å². The topological polar surface area (TPSA) is 37.3 Å². The average molecular weight is 226 g/mol. The molecule has 0 atom stereocenters. The summed E-state index contributed by atoms with van der Waals surface area (Å²) in [6.45, 7) is 3.69. The molecule has 0 heterocycles. The monoisotopic (exact) mass is 226 g/mol. The average Bonchev–Trinajstić information content (AvgIpc) is 2.21. The molecule has 0 aromatic heterocycles. The molecule has 0 rings (SSSR count). The fourth-order valence-electron chi connectivity index (χ4n) is 1.75. The summed E-state index contributed by atoms with van der Waals surface area (Å²) in [5.74, 6) is 0.163. The molecule has 94 valence electrons. The number of aliphatic hydroxyl groups is 1. The van der Waals surface area contributed by atoms with E-state index in [2.05, 4.69) is 6.92 Å². The van der Waals surface area contributed by atoms with Crippen LogP contribution in [-0.4, -0.2) is 10.9 Å². The second kappa shape index (κ2) is 10.7. The minimum absolute atomic E-state index is 0.0722. The molecular formula is C14H26O2. The summed E-state index contributed by atoms with van der Waals surface area (Å²) in [6.07, 6.45) is 12.0. The van der Waals surface area contributed by atoms with Gasteiger partial charge < -0.3 is 5.11 Å². The summed E-state index contributed by atoms with van der Waals surface area (Å²) in [6, 6.07) is 0. The van der Waals surface area contributed by atoms with Crippen molar-refractivity contribution in [1.29, 1.82) is 0 Å². The maximum Gasteiger partial charge on any atom is 0.155 e. The fraction of sp³-hybridized carbons (Fsp3) is 0.786. The predicted molar refractivity (Wildman–Crippen MR) is 68.6 cm³/mol. The number of hydrogen-bond donors (Lipinski definition) is 1. The SMILES string of the molecule is CCCCCCCCCCC(O)=CC(C)=O. The Bertz CT molecular complexity index is 207. The van der Waals surface area contributed by atoms with E-state index < -0.39 is 0 Å². The molecule has 0 saturated heterocycles. The number of aliphatic hydroxyl groups excluding tert-OH is 1. The Hall–Kier alpha value is -0.790. The van der Waals surface area contributed by atoms with E-state index in [1.54, 1.807) is 0 Å². The zero-order chi connectivity index (χ0) is 12.2. The van der Waals surface area contributed by atoms with E-state index in [-0.39, 0.29) is 11.5 Å². The Morgan fingerprint density at radius 3 is 2.00 bits per heavy atom. The zero-order valence-corrected chi connectivity index (χ0v) is 10.8. The first kappa shape index (κ1) is 15.2. The van der Waals surface area contributed by atoms with E-state index in [0.29, 0.717) is 6.42 Å². The highest BCUT2D eigenvalue weighted by Crippen LogP contribution is 2.11. The maximum absolute atomic E-state index is 10.7. The van der Waals surface area contributed by atoms with Crippen LogP contribution >= 0.6 is 0 Å². The van der Waals surface area contributed by atoms with Crippen molar-refractivity contribution in [3.63, 3.8) is 0 Å². The molecule has 0 aliphatic heterocycles. The summed E-state index contributed by atoms with van der Waals surface area (Å²) in [5, 5.41) is 9.33. The maximum atomic E-state index is 10.7. The molecule has 0 radical (unpaired) electrons. The lowest BCUT2D eigenvalue weighted by atomic mass is 10.1. The van der Waals surface area contributed by atoms with Crippen molar-refractivity contribution in [3.05, 3.63) is 11.8 Å². The second-order valence-corrected chi connectivity index (χ2v) is 4.47. The Morgan fingerprint density at radius 1 is 1.00 bits per heavy atom. The molecule has 0 aromatic rings. The number of hydrogen-bond acceptors (Lipinski definition) is 2. The summed E-state index contributed by atoms with van der Waals surface area (Å²) in [4.78, 5) is 10.7. The number of carbonyl (C=O) groups excluding carboxylic acids is 1. The van der Waals surface area contributed by atoms with Gasteiger partial charge in [0.25, 0.3) is 0 Å². The van der Waals surface area contributed by atoms with Gasteiger partial charge in [0.15, 0.2) is 5.78 Å². The molecule has 2 nitrogen and oxygen atoms in total. The van der Waals surface area contributed by atoms with Crippen LogP contribution in [0, 0.1) is 0 Å². The van der Waals surface area contributed by atoms with Crippen LogP contribution in [-0.2, 0) is 4.79 Å². The molecule has 0 bridgehead atoms. The van der Waals surface area contributed by atoms with Crippen molar-refractivity contribution >= 4 is 5.78 Å². The van der Waals surface area contributed by atoms with Crippen LogP contribution in [0.4, 0.5) is 0 Å². The molecule has 16 heavy (non-hydrogen) atoms. The van der Waals surface area contributed by atoms with Crippen molar-refractivity contribution in [1.82, 2.24) is 0 Å².